The predicted molar refractivity (Wildman–Crippen MR) is 530 cm³/mol. The van der Waals surface area contributed by atoms with E-state index in [2.05, 4.69) is 66.2 Å². The first-order chi connectivity index (χ1) is 67.9. The highest BCUT2D eigenvalue weighted by atomic mass is 35.5. The first kappa shape index (κ1) is 109. The van der Waals surface area contributed by atoms with Crippen molar-refractivity contribution in [2.24, 2.45) is 22.7 Å². The van der Waals surface area contributed by atoms with Crippen molar-refractivity contribution in [1.82, 2.24) is 90.6 Å². The van der Waals surface area contributed by atoms with Crippen LogP contribution in [0.1, 0.15) is 262 Å². The monoisotopic (exact) mass is 2040 g/mol. The zero-order chi connectivity index (χ0) is 103. The molecule has 6 aromatic carbocycles. The molecule has 17 rings (SSSR count). The van der Waals surface area contributed by atoms with Gasteiger partial charge in [0, 0.05) is 169 Å². The number of aryl methyl sites for hydroxylation is 8. The van der Waals surface area contributed by atoms with Gasteiger partial charge in [0.25, 0.3) is 35.4 Å². The Labute approximate surface area is 840 Å². The fraction of sp³-hybridized carbons (Fsp3) is 0.419. The van der Waals surface area contributed by atoms with E-state index in [1.165, 1.54) is 105 Å². The lowest BCUT2D eigenvalue weighted by Crippen LogP contribution is -2.37. The van der Waals surface area contributed by atoms with Gasteiger partial charge in [0.2, 0.25) is 0 Å². The van der Waals surface area contributed by atoms with Crippen LogP contribution in [0.25, 0.3) is 0 Å². The number of nitrogens with zero attached hydrogens (tertiary/aromatic N) is 13. The van der Waals surface area contributed by atoms with Gasteiger partial charge in [-0.05, 0) is 251 Å². The minimum atomic E-state index is -4.41. The van der Waals surface area contributed by atoms with Gasteiger partial charge in [-0.3, -0.25) is 64.4 Å². The maximum atomic E-state index is 14.1. The minimum Gasteiger partial charge on any atom is -0.390 e. The Hall–Kier alpha value is -12.7. The lowest BCUT2D eigenvalue weighted by atomic mass is 9.85. The molecule has 7 N–H and O–H groups in total. The highest BCUT2D eigenvalue weighted by Gasteiger charge is 2.37. The first-order valence-electron chi connectivity index (χ1n) is 47.7. The number of fused-ring (bicyclic) bond motifs is 1. The van der Waals surface area contributed by atoms with E-state index in [-0.39, 0.29) is 77.3 Å². The summed E-state index contributed by atoms with van der Waals surface area (Å²) in [5.41, 5.74) is 13.7. The number of amides is 6. The molecule has 762 valence electrons. The molecule has 0 atom stereocenters. The smallest absolute Gasteiger partial charge is 0.390 e. The number of alkyl halides is 6. The van der Waals surface area contributed by atoms with Crippen molar-refractivity contribution in [2.75, 3.05) is 39.3 Å². The number of H-pyrrole nitrogens is 6. The third-order valence-electron chi connectivity index (χ3n) is 25.2. The van der Waals surface area contributed by atoms with Gasteiger partial charge in [0.05, 0.1) is 24.1 Å². The summed E-state index contributed by atoms with van der Waals surface area (Å²) in [6.45, 7) is 20.4. The molecular formula is C105H121Cl3F9N19O7. The van der Waals surface area contributed by atoms with E-state index < -0.39 is 67.3 Å². The molecular weight excluding hydrogens is 1920 g/mol. The molecule has 5 aliphatic rings. The number of aliphatic imine (C=N–C) groups is 1. The predicted octanol–water partition coefficient (Wildman–Crippen LogP) is 22.8. The minimum absolute atomic E-state index is 0.00203. The van der Waals surface area contributed by atoms with Crippen LogP contribution in [0.2, 0.25) is 15.1 Å². The van der Waals surface area contributed by atoms with Gasteiger partial charge in [0.1, 0.15) is 51.6 Å². The van der Waals surface area contributed by atoms with Crippen molar-refractivity contribution in [3.63, 3.8) is 0 Å². The molecule has 26 nitrogen and oxygen atoms in total. The SMILES string of the molecule is Cc1cc(C(=O)N(Cc2c(Cl)ccc3c2N=CC3)CC2CCC2)n[nH]1.Cc1cc(C(=O)N(Cc2ccccc2Cl)CC2CCC2)n[nH]1.Cc1cc(C(=O)N(Cc2ccccc2Cl)CC2CCC2)n[nH]1.Cc1ccc(CN(CCC(C)(C)O)C(=O)c2cc(C)[nH]n2)c(F)c1.Cc1ccc(CN(CCC(F)(F)F)C(=O)c2cc(C)[nH]n2)c(F)c1.Cc1ccc(CN(CCC(F)(F)F)C(=O)c2cc(C3CC3)[nH]n2)c(F)c1. The molecule has 6 aromatic heterocycles. The lowest BCUT2D eigenvalue weighted by molar-refractivity contribution is -0.137. The van der Waals surface area contributed by atoms with E-state index in [9.17, 15) is 73.4 Å². The van der Waals surface area contributed by atoms with E-state index in [0.29, 0.717) is 111 Å². The summed E-state index contributed by atoms with van der Waals surface area (Å²) in [6, 6.07) is 43.1. The highest BCUT2D eigenvalue weighted by Crippen LogP contribution is 2.41. The number of benzene rings is 6. The second-order valence-corrected chi connectivity index (χ2v) is 39.3. The van der Waals surface area contributed by atoms with E-state index in [1.54, 1.807) is 83.1 Å². The largest absolute Gasteiger partial charge is 0.390 e. The quantitative estimate of drug-likeness (QED) is 0.0193. The second kappa shape index (κ2) is 50.0. The Kier molecular flexibility index (Phi) is 38.1. The summed E-state index contributed by atoms with van der Waals surface area (Å²) in [4.78, 5) is 89.9. The van der Waals surface area contributed by atoms with E-state index in [4.69, 9.17) is 34.8 Å². The number of hydrogen-bond donors (Lipinski definition) is 7. The Morgan fingerprint density at radius 3 is 0.965 bits per heavy atom. The Morgan fingerprint density at radius 2 is 0.671 bits per heavy atom. The van der Waals surface area contributed by atoms with Crippen molar-refractivity contribution >= 4 is 82.1 Å². The van der Waals surface area contributed by atoms with Gasteiger partial charge in [0.15, 0.2) is 0 Å². The Bertz CT molecular complexity index is 6120. The molecule has 143 heavy (non-hydrogen) atoms. The fourth-order valence-electron chi connectivity index (χ4n) is 16.2. The molecule has 4 saturated carbocycles. The molecule has 6 amide bonds. The van der Waals surface area contributed by atoms with Gasteiger partial charge in [-0.1, -0.05) is 133 Å². The second-order valence-electron chi connectivity index (χ2n) is 38.1. The number of halogens is 12. The fourth-order valence-corrected chi connectivity index (χ4v) is 16.8. The van der Waals surface area contributed by atoms with E-state index >= 15 is 0 Å². The zero-order valence-electron chi connectivity index (χ0n) is 81.7. The van der Waals surface area contributed by atoms with E-state index in [0.717, 1.165) is 105 Å². The molecule has 4 aliphatic carbocycles. The summed E-state index contributed by atoms with van der Waals surface area (Å²) in [5.74, 6) is -1.05. The van der Waals surface area contributed by atoms with Gasteiger partial charge >= 0.3 is 12.4 Å². The lowest BCUT2D eigenvalue weighted by Gasteiger charge is -2.32. The molecule has 7 heterocycles. The van der Waals surface area contributed by atoms with Gasteiger partial charge in [-0.25, -0.2) is 13.2 Å². The van der Waals surface area contributed by atoms with Crippen LogP contribution in [0.15, 0.2) is 157 Å². The maximum Gasteiger partial charge on any atom is 0.390 e. The molecule has 38 heteroatoms. The molecule has 0 saturated heterocycles. The zero-order valence-corrected chi connectivity index (χ0v) is 83.9. The number of nitrogens with one attached hydrogen (secondary N) is 6. The average Bonchev–Trinajstić information content (AvgIpc) is 1.70. The van der Waals surface area contributed by atoms with Gasteiger partial charge in [-0.15, -0.1) is 0 Å². The molecule has 0 bridgehead atoms. The number of carbonyl (C=O) groups excluding carboxylic acids is 6. The number of aromatic nitrogens is 12. The summed E-state index contributed by atoms with van der Waals surface area (Å²) in [7, 11) is 0. The maximum absolute atomic E-state index is 14.1. The summed E-state index contributed by atoms with van der Waals surface area (Å²) in [6.07, 6.45) is 4.91. The van der Waals surface area contributed by atoms with Crippen LogP contribution in [0.4, 0.5) is 45.2 Å². The standard InChI is InChI=1S/C19H21ClN4O.C18H19F4N3O.C18H24FN3O2.2C17H20ClN3O.C16H17F4N3O/c1-12-9-17(23-22-12)19(25)24(10-13-3-2-4-13)11-15-16(20)6-5-14-7-8-21-18(14)15;1-11-2-3-13(14(19)8-11)10-25(7-6-18(20,21)22)17(26)16-9-15(23-24-16)12-4-5-12;1-12-5-6-14(15(19)9-12)11-22(8-7-18(3,4)24)17(23)16-10-13(2)20-21-16;2*1-12-9-16(20-19-12)17(22)21(10-13-5-4-6-13)11-14-7-2-3-8-15(14)18;1-10-3-4-12(13(17)7-10)9-23(6-5-16(18,19)20)15(24)14-8-11(2)21-22-14/h5-6,8-9,13H,2-4,7,10-11H2,1H3,(H,22,23);2-3,8-9,12H,4-7,10H2,1H3,(H,23,24);5-6,9-10,24H,7-8,11H2,1-4H3,(H,20,21);2*2-3,7-9,13H,4-6,10-11H2,1H3,(H,19,20);3-4,7-8H,5-6,9H2,1-2H3,(H,21,22). The number of aromatic amines is 6. The van der Waals surface area contributed by atoms with Gasteiger partial charge in [-0.2, -0.15) is 56.9 Å². The number of carbonyl (C=O) groups is 6. The summed E-state index contributed by atoms with van der Waals surface area (Å²) in [5, 5.41) is 52.7. The third kappa shape index (κ3) is 32.9. The summed E-state index contributed by atoms with van der Waals surface area (Å²) < 4.78 is 118. The molecule has 0 radical (unpaired) electrons. The van der Waals surface area contributed by atoms with Crippen LogP contribution in [0.3, 0.4) is 0 Å². The van der Waals surface area contributed by atoms with Crippen LogP contribution >= 0.6 is 34.8 Å². The van der Waals surface area contributed by atoms with Gasteiger partial charge < -0.3 is 34.5 Å². The first-order valence-corrected chi connectivity index (χ1v) is 48.9. The number of aliphatic hydroxyl groups is 1. The van der Waals surface area contributed by atoms with Crippen LogP contribution in [0, 0.1) is 90.6 Å². The molecule has 0 unspecified atom stereocenters. The molecule has 4 fully saturated rings. The normalized spacial score (nSPS) is 13.8. The molecule has 12 aromatic rings. The van der Waals surface area contributed by atoms with E-state index in [1.807, 2.05) is 122 Å². The molecule has 0 spiro atoms. The van der Waals surface area contributed by atoms with Crippen molar-refractivity contribution < 1.29 is 73.4 Å². The Morgan fingerprint density at radius 1 is 0.364 bits per heavy atom. The van der Waals surface area contributed by atoms with Crippen molar-refractivity contribution in [1.29, 1.82) is 0 Å². The average molecular weight is 2040 g/mol. The van der Waals surface area contributed by atoms with Crippen LogP contribution < -0.4 is 0 Å². The van der Waals surface area contributed by atoms with Crippen molar-refractivity contribution in [3.8, 4) is 0 Å². The van der Waals surface area contributed by atoms with Crippen LogP contribution in [-0.2, 0) is 45.7 Å². The van der Waals surface area contributed by atoms with Crippen molar-refractivity contribution in [3.05, 3.63) is 308 Å². The topological polar surface area (TPSA) is 327 Å². The Balaban J connectivity index is 0.000000153. The highest BCUT2D eigenvalue weighted by molar-refractivity contribution is 6.32. The number of rotatable bonds is 32. The molecule has 1 aliphatic heterocycles. The van der Waals surface area contributed by atoms with Crippen LogP contribution in [0.5, 0.6) is 0 Å². The third-order valence-corrected chi connectivity index (χ3v) is 26.2. The van der Waals surface area contributed by atoms with Crippen molar-refractivity contribution in [2.45, 2.75) is 229 Å². The number of hydrogen-bond acceptors (Lipinski definition) is 14. The van der Waals surface area contributed by atoms with Crippen LogP contribution in [-0.4, -0.2) is 195 Å². The summed E-state index contributed by atoms with van der Waals surface area (Å²) >= 11 is 19.0.